The summed E-state index contributed by atoms with van der Waals surface area (Å²) in [6.45, 7) is 1.65. The molecule has 1 N–H and O–H groups in total. The smallest absolute Gasteiger partial charge is 0.262 e. The van der Waals surface area contributed by atoms with Gasteiger partial charge in [-0.05, 0) is 49.2 Å². The molecule has 6 nitrogen and oxygen atoms in total. The van der Waals surface area contributed by atoms with Gasteiger partial charge in [-0.25, -0.2) is 8.51 Å². The van der Waals surface area contributed by atoms with E-state index in [1.54, 1.807) is 48.8 Å². The fourth-order valence-electron chi connectivity index (χ4n) is 2.61. The second-order valence-electron chi connectivity index (χ2n) is 5.79. The van der Waals surface area contributed by atoms with Crippen LogP contribution in [0.1, 0.15) is 19.3 Å². The molecule has 1 fully saturated rings. The zero-order valence-corrected chi connectivity index (χ0v) is 14.7. The Hall–Kier alpha value is -2.25. The highest BCUT2D eigenvalue weighted by Gasteiger charge is 2.17. The third kappa shape index (κ3) is 5.11. The van der Waals surface area contributed by atoms with Gasteiger partial charge in [-0.3, -0.25) is 9.78 Å². The van der Waals surface area contributed by atoms with Gasteiger partial charge in [0.2, 0.25) is 0 Å². The van der Waals surface area contributed by atoms with Gasteiger partial charge in [0.1, 0.15) is 16.7 Å². The van der Waals surface area contributed by atoms with Crippen LogP contribution >= 0.6 is 0 Å². The van der Waals surface area contributed by atoms with Crippen molar-refractivity contribution in [3.63, 3.8) is 0 Å². The summed E-state index contributed by atoms with van der Waals surface area (Å²) in [6.07, 6.45) is 6.59. The minimum Gasteiger partial charge on any atom is -0.482 e. The third-order valence-corrected chi connectivity index (χ3v) is 5.40. The number of ether oxygens (including phenoxy) is 1. The van der Waals surface area contributed by atoms with Crippen LogP contribution in [0, 0.1) is 0 Å². The molecule has 1 aliphatic rings. The number of nitrogens with one attached hydrogen (secondary N) is 1. The monoisotopic (exact) mass is 359 g/mol. The fraction of sp³-hybridized carbons (Fsp3) is 0.333. The molecule has 1 unspecified atom stereocenters. The van der Waals surface area contributed by atoms with Gasteiger partial charge in [0.25, 0.3) is 5.91 Å². The molecule has 0 saturated carbocycles. The minimum atomic E-state index is -1.13. The van der Waals surface area contributed by atoms with Crippen molar-refractivity contribution in [3.05, 3.63) is 48.8 Å². The number of amides is 1. The summed E-state index contributed by atoms with van der Waals surface area (Å²) in [5.74, 6) is 0.290. The SMILES string of the molecule is O=C(COc1cccnc1)Nc1ccc(S(=O)N2CCCCC2)cc1. The molecule has 0 bridgehead atoms. The molecule has 1 aromatic heterocycles. The third-order valence-electron chi connectivity index (χ3n) is 3.89. The largest absolute Gasteiger partial charge is 0.482 e. The number of carbonyl (C=O) groups is 1. The van der Waals surface area contributed by atoms with Crippen LogP contribution in [-0.4, -0.2) is 39.1 Å². The topological polar surface area (TPSA) is 71.5 Å². The number of aromatic nitrogens is 1. The summed E-state index contributed by atoms with van der Waals surface area (Å²) in [4.78, 5) is 16.6. The van der Waals surface area contributed by atoms with E-state index in [2.05, 4.69) is 10.3 Å². The number of hydrogen-bond donors (Lipinski definition) is 1. The molecule has 1 saturated heterocycles. The van der Waals surface area contributed by atoms with Crippen LogP contribution in [0.5, 0.6) is 5.75 Å². The van der Waals surface area contributed by atoms with Crippen LogP contribution < -0.4 is 10.1 Å². The first-order valence-corrected chi connectivity index (χ1v) is 9.42. The molecule has 0 aliphatic carbocycles. The average Bonchev–Trinajstić information content (AvgIpc) is 2.68. The maximum atomic E-state index is 12.5. The molecule has 0 radical (unpaired) electrons. The van der Waals surface area contributed by atoms with Crippen LogP contribution in [0.2, 0.25) is 0 Å². The van der Waals surface area contributed by atoms with E-state index < -0.39 is 11.0 Å². The number of hydrogen-bond acceptors (Lipinski definition) is 4. The first-order chi connectivity index (χ1) is 12.2. The van der Waals surface area contributed by atoms with E-state index in [4.69, 9.17) is 4.74 Å². The Morgan fingerprint density at radius 2 is 1.92 bits per heavy atom. The van der Waals surface area contributed by atoms with Crippen molar-refractivity contribution in [1.29, 1.82) is 0 Å². The lowest BCUT2D eigenvalue weighted by Gasteiger charge is -2.25. The van der Waals surface area contributed by atoms with Crippen LogP contribution in [0.15, 0.2) is 53.7 Å². The number of anilines is 1. The Morgan fingerprint density at radius 1 is 1.16 bits per heavy atom. The molecule has 7 heteroatoms. The van der Waals surface area contributed by atoms with Crippen molar-refractivity contribution in [1.82, 2.24) is 9.29 Å². The highest BCUT2D eigenvalue weighted by Crippen LogP contribution is 2.19. The highest BCUT2D eigenvalue weighted by atomic mass is 32.2. The van der Waals surface area contributed by atoms with Gasteiger partial charge in [0.15, 0.2) is 6.61 Å². The maximum Gasteiger partial charge on any atom is 0.262 e. The Bertz CT molecular complexity index is 716. The molecule has 1 atom stereocenters. The molecule has 1 aliphatic heterocycles. The van der Waals surface area contributed by atoms with Gasteiger partial charge < -0.3 is 10.1 Å². The number of rotatable bonds is 6. The second kappa shape index (κ2) is 8.73. The van der Waals surface area contributed by atoms with Crippen molar-refractivity contribution in [3.8, 4) is 5.75 Å². The van der Waals surface area contributed by atoms with Crippen molar-refractivity contribution in [2.45, 2.75) is 24.2 Å². The first-order valence-electron chi connectivity index (χ1n) is 8.32. The Balaban J connectivity index is 1.51. The Kier molecular flexibility index (Phi) is 6.14. The summed E-state index contributed by atoms with van der Waals surface area (Å²) < 4.78 is 19.9. The van der Waals surface area contributed by atoms with Crippen molar-refractivity contribution in [2.24, 2.45) is 0 Å². The van der Waals surface area contributed by atoms with E-state index in [0.717, 1.165) is 30.8 Å². The van der Waals surface area contributed by atoms with E-state index in [1.807, 2.05) is 4.31 Å². The summed E-state index contributed by atoms with van der Waals surface area (Å²) in [5, 5.41) is 2.76. The summed E-state index contributed by atoms with van der Waals surface area (Å²) in [7, 11) is -1.13. The predicted molar refractivity (Wildman–Crippen MR) is 96.6 cm³/mol. The van der Waals surface area contributed by atoms with Crippen LogP contribution in [0.25, 0.3) is 0 Å². The molecule has 3 rings (SSSR count). The predicted octanol–water partition coefficient (Wildman–Crippen LogP) is 2.61. The number of benzene rings is 1. The standard InChI is InChI=1S/C18H21N3O3S/c22-18(14-24-16-5-4-10-19-13-16)20-15-6-8-17(9-7-15)25(23)21-11-2-1-3-12-21/h4-10,13H,1-3,11-12,14H2,(H,20,22). The van der Waals surface area contributed by atoms with Crippen molar-refractivity contribution in [2.75, 3.05) is 25.0 Å². The van der Waals surface area contributed by atoms with Crippen LogP contribution in [0.3, 0.4) is 0 Å². The van der Waals surface area contributed by atoms with Crippen LogP contribution in [-0.2, 0) is 15.8 Å². The molecule has 132 valence electrons. The normalized spacial score (nSPS) is 16.2. The lowest BCUT2D eigenvalue weighted by Crippen LogP contribution is -2.31. The van der Waals surface area contributed by atoms with E-state index in [-0.39, 0.29) is 12.5 Å². The maximum absolute atomic E-state index is 12.5. The molecule has 25 heavy (non-hydrogen) atoms. The molecular weight excluding hydrogens is 338 g/mol. The molecule has 2 heterocycles. The number of pyridine rings is 1. The lowest BCUT2D eigenvalue weighted by molar-refractivity contribution is -0.118. The van der Waals surface area contributed by atoms with E-state index in [1.165, 1.54) is 6.42 Å². The summed E-state index contributed by atoms with van der Waals surface area (Å²) in [5.41, 5.74) is 0.652. The summed E-state index contributed by atoms with van der Waals surface area (Å²) in [6, 6.07) is 10.6. The number of carbonyl (C=O) groups excluding carboxylic acids is 1. The van der Waals surface area contributed by atoms with E-state index >= 15 is 0 Å². The van der Waals surface area contributed by atoms with Crippen molar-refractivity contribution < 1.29 is 13.7 Å². The van der Waals surface area contributed by atoms with Gasteiger partial charge in [-0.2, -0.15) is 0 Å². The van der Waals surface area contributed by atoms with Gasteiger partial charge in [-0.1, -0.05) is 6.42 Å². The highest BCUT2D eigenvalue weighted by molar-refractivity contribution is 7.82. The Morgan fingerprint density at radius 3 is 2.60 bits per heavy atom. The number of nitrogens with zero attached hydrogens (tertiary/aromatic N) is 2. The van der Waals surface area contributed by atoms with Crippen molar-refractivity contribution >= 4 is 22.6 Å². The van der Waals surface area contributed by atoms with Gasteiger partial charge in [0.05, 0.1) is 11.1 Å². The first kappa shape index (κ1) is 17.6. The molecule has 1 amide bonds. The molecule has 0 spiro atoms. The van der Waals surface area contributed by atoms with Gasteiger partial charge in [0, 0.05) is 25.0 Å². The van der Waals surface area contributed by atoms with E-state index in [9.17, 15) is 9.00 Å². The molecule has 2 aromatic rings. The molecule has 1 aromatic carbocycles. The number of piperidine rings is 1. The minimum absolute atomic E-state index is 0.0901. The quantitative estimate of drug-likeness (QED) is 0.861. The van der Waals surface area contributed by atoms with Gasteiger partial charge >= 0.3 is 0 Å². The summed E-state index contributed by atoms with van der Waals surface area (Å²) >= 11 is 0. The zero-order chi connectivity index (χ0) is 17.5. The van der Waals surface area contributed by atoms with Crippen LogP contribution in [0.4, 0.5) is 5.69 Å². The lowest BCUT2D eigenvalue weighted by atomic mass is 10.2. The van der Waals surface area contributed by atoms with E-state index in [0.29, 0.717) is 11.4 Å². The van der Waals surface area contributed by atoms with Gasteiger partial charge in [-0.15, -0.1) is 0 Å². The second-order valence-corrected chi connectivity index (χ2v) is 7.27. The Labute approximate surface area is 149 Å². The average molecular weight is 359 g/mol. The zero-order valence-electron chi connectivity index (χ0n) is 13.9. The molecular formula is C18H21N3O3S. The fourth-order valence-corrected chi connectivity index (χ4v) is 3.87.